The second kappa shape index (κ2) is 8.87. The first kappa shape index (κ1) is 15.9. The molecule has 1 heterocycles. The van der Waals surface area contributed by atoms with Crippen LogP contribution in [0, 0.1) is 5.92 Å². The van der Waals surface area contributed by atoms with Gasteiger partial charge in [0.1, 0.15) is 0 Å². The number of hydrogen-bond donors (Lipinski definition) is 1. The molecule has 6 heteroatoms. The molecule has 0 saturated carbocycles. The van der Waals surface area contributed by atoms with Crippen LogP contribution in [0.1, 0.15) is 19.3 Å². The van der Waals surface area contributed by atoms with E-state index in [1.165, 1.54) is 4.90 Å². The molecule has 1 fully saturated rings. The van der Waals surface area contributed by atoms with E-state index in [0.717, 1.165) is 19.3 Å². The minimum atomic E-state index is -0.126. The molecule has 1 N–H and O–H groups in total. The quantitative estimate of drug-likeness (QED) is 0.664. The molecule has 6 nitrogen and oxygen atoms in total. The lowest BCUT2D eigenvalue weighted by atomic mass is 9.99. The van der Waals surface area contributed by atoms with Crippen LogP contribution in [0.4, 0.5) is 0 Å². The van der Waals surface area contributed by atoms with Crippen molar-refractivity contribution in [3.63, 3.8) is 0 Å². The Kier molecular flexibility index (Phi) is 7.43. The molecule has 1 aliphatic heterocycles. The molecule has 0 radical (unpaired) electrons. The molecule has 0 atom stereocenters. The Morgan fingerprint density at radius 1 is 1.37 bits per heavy atom. The van der Waals surface area contributed by atoms with Gasteiger partial charge in [-0.05, 0) is 19.3 Å². The van der Waals surface area contributed by atoms with Crippen molar-refractivity contribution in [1.82, 2.24) is 10.2 Å². The monoisotopic (exact) mass is 272 g/mol. The van der Waals surface area contributed by atoms with Gasteiger partial charge in [0.15, 0.2) is 0 Å². The number of carbonyl (C=O) groups is 2. The highest BCUT2D eigenvalue weighted by atomic mass is 16.5. The second-order valence-electron chi connectivity index (χ2n) is 4.78. The third-order valence-corrected chi connectivity index (χ3v) is 3.17. The van der Waals surface area contributed by atoms with E-state index in [0.29, 0.717) is 26.4 Å². The van der Waals surface area contributed by atoms with Crippen LogP contribution in [0.2, 0.25) is 0 Å². The van der Waals surface area contributed by atoms with Gasteiger partial charge in [0, 0.05) is 46.4 Å². The van der Waals surface area contributed by atoms with Gasteiger partial charge >= 0.3 is 0 Å². The number of carbonyl (C=O) groups excluding carboxylic acids is 2. The molecule has 0 aromatic rings. The number of nitrogens with one attached hydrogen (secondary N) is 1. The lowest BCUT2D eigenvalue weighted by molar-refractivity contribution is -0.140. The number of rotatable bonds is 7. The first-order valence-electron chi connectivity index (χ1n) is 6.73. The smallest absolute Gasteiger partial charge is 0.239 e. The number of hydrogen-bond acceptors (Lipinski definition) is 4. The Hall–Kier alpha value is -1.14. The largest absolute Gasteiger partial charge is 0.385 e. The summed E-state index contributed by atoms with van der Waals surface area (Å²) in [5.41, 5.74) is 0. The van der Waals surface area contributed by atoms with Gasteiger partial charge in [-0.2, -0.15) is 0 Å². The van der Waals surface area contributed by atoms with E-state index >= 15 is 0 Å². The summed E-state index contributed by atoms with van der Waals surface area (Å²) in [4.78, 5) is 25.2. The molecular weight excluding hydrogens is 248 g/mol. The molecule has 0 aliphatic carbocycles. The van der Waals surface area contributed by atoms with Crippen LogP contribution in [0.15, 0.2) is 0 Å². The fourth-order valence-electron chi connectivity index (χ4n) is 2.05. The van der Waals surface area contributed by atoms with E-state index in [1.807, 2.05) is 0 Å². The van der Waals surface area contributed by atoms with Gasteiger partial charge in [0.25, 0.3) is 0 Å². The summed E-state index contributed by atoms with van der Waals surface area (Å²) < 4.78 is 10.1. The van der Waals surface area contributed by atoms with E-state index in [4.69, 9.17) is 9.47 Å². The lowest BCUT2D eigenvalue weighted by Gasteiger charge is -2.26. The summed E-state index contributed by atoms with van der Waals surface area (Å²) in [6.45, 7) is 2.58. The predicted octanol–water partition coefficient (Wildman–Crippen LogP) is 0.0241. The Morgan fingerprint density at radius 3 is 2.68 bits per heavy atom. The molecule has 0 aromatic carbocycles. The maximum atomic E-state index is 12.1. The zero-order valence-electron chi connectivity index (χ0n) is 11.8. The molecule has 1 saturated heterocycles. The first-order valence-corrected chi connectivity index (χ1v) is 6.73. The second-order valence-corrected chi connectivity index (χ2v) is 4.78. The fourth-order valence-corrected chi connectivity index (χ4v) is 2.05. The van der Waals surface area contributed by atoms with E-state index in [-0.39, 0.29) is 24.3 Å². The van der Waals surface area contributed by atoms with Gasteiger partial charge in [0.05, 0.1) is 6.54 Å². The van der Waals surface area contributed by atoms with Gasteiger partial charge in [-0.25, -0.2) is 0 Å². The summed E-state index contributed by atoms with van der Waals surface area (Å²) in [5.74, 6) is -0.0885. The van der Waals surface area contributed by atoms with Gasteiger partial charge in [-0.3, -0.25) is 9.59 Å². The van der Waals surface area contributed by atoms with Crippen molar-refractivity contribution in [2.45, 2.75) is 19.3 Å². The van der Waals surface area contributed by atoms with Crippen LogP contribution in [-0.4, -0.2) is 63.8 Å². The number of nitrogens with zero attached hydrogens (tertiary/aromatic N) is 1. The molecule has 0 bridgehead atoms. The van der Waals surface area contributed by atoms with Crippen LogP contribution >= 0.6 is 0 Å². The Labute approximate surface area is 114 Å². The van der Waals surface area contributed by atoms with Crippen molar-refractivity contribution in [2.75, 3.05) is 47.1 Å². The Bertz CT molecular complexity index is 290. The molecule has 1 aliphatic rings. The van der Waals surface area contributed by atoms with Crippen molar-refractivity contribution in [2.24, 2.45) is 5.92 Å². The third kappa shape index (κ3) is 6.02. The lowest BCUT2D eigenvalue weighted by Crippen LogP contribution is -2.42. The molecule has 1 rings (SSSR count). The molecular formula is C13H24N2O4. The Balaban J connectivity index is 2.22. The summed E-state index contributed by atoms with van der Waals surface area (Å²) in [5, 5.41) is 2.77. The van der Waals surface area contributed by atoms with E-state index < -0.39 is 0 Å². The van der Waals surface area contributed by atoms with Crippen molar-refractivity contribution in [3.8, 4) is 0 Å². The molecule has 0 spiro atoms. The third-order valence-electron chi connectivity index (χ3n) is 3.17. The molecule has 110 valence electrons. The van der Waals surface area contributed by atoms with E-state index in [1.54, 1.807) is 14.2 Å². The Morgan fingerprint density at radius 2 is 2.05 bits per heavy atom. The number of methoxy groups -OCH3 is 1. The van der Waals surface area contributed by atoms with Crippen molar-refractivity contribution >= 4 is 11.8 Å². The maximum absolute atomic E-state index is 12.1. The van der Waals surface area contributed by atoms with Crippen LogP contribution < -0.4 is 5.32 Å². The van der Waals surface area contributed by atoms with Gasteiger partial charge in [-0.1, -0.05) is 0 Å². The number of likely N-dealkylation sites (N-methyl/N-ethyl adjacent to an activating group) is 1. The SMILES string of the molecule is COCCCNC(=O)CN(C)C(=O)C1CCOCC1. The molecule has 0 aromatic heterocycles. The van der Waals surface area contributed by atoms with Crippen molar-refractivity contribution in [3.05, 3.63) is 0 Å². The average Bonchev–Trinajstić information content (AvgIpc) is 2.43. The zero-order chi connectivity index (χ0) is 14.1. The fraction of sp³-hybridized carbons (Fsp3) is 0.846. The van der Waals surface area contributed by atoms with E-state index in [2.05, 4.69) is 5.32 Å². The molecule has 19 heavy (non-hydrogen) atoms. The minimum Gasteiger partial charge on any atom is -0.385 e. The van der Waals surface area contributed by atoms with Crippen LogP contribution in [-0.2, 0) is 19.1 Å². The summed E-state index contributed by atoms with van der Waals surface area (Å²) in [6.07, 6.45) is 2.27. The summed E-state index contributed by atoms with van der Waals surface area (Å²) in [6, 6.07) is 0. The highest BCUT2D eigenvalue weighted by molar-refractivity contribution is 5.85. The minimum absolute atomic E-state index is 0.0000383. The highest BCUT2D eigenvalue weighted by Gasteiger charge is 2.25. The van der Waals surface area contributed by atoms with Gasteiger partial charge in [-0.15, -0.1) is 0 Å². The highest BCUT2D eigenvalue weighted by Crippen LogP contribution is 2.16. The normalized spacial score (nSPS) is 16.1. The van der Waals surface area contributed by atoms with Gasteiger partial charge < -0.3 is 19.7 Å². The standard InChI is InChI=1S/C13H24N2O4/c1-15(10-12(16)14-6-3-7-18-2)13(17)11-4-8-19-9-5-11/h11H,3-10H2,1-2H3,(H,14,16). The summed E-state index contributed by atoms with van der Waals surface area (Å²) >= 11 is 0. The number of ether oxygens (including phenoxy) is 2. The zero-order valence-corrected chi connectivity index (χ0v) is 11.8. The predicted molar refractivity (Wildman–Crippen MR) is 70.7 cm³/mol. The van der Waals surface area contributed by atoms with Crippen LogP contribution in [0.3, 0.4) is 0 Å². The van der Waals surface area contributed by atoms with Crippen LogP contribution in [0.25, 0.3) is 0 Å². The molecule has 0 unspecified atom stereocenters. The van der Waals surface area contributed by atoms with Crippen LogP contribution in [0.5, 0.6) is 0 Å². The summed E-state index contributed by atoms with van der Waals surface area (Å²) in [7, 11) is 3.30. The van der Waals surface area contributed by atoms with Gasteiger partial charge in [0.2, 0.25) is 11.8 Å². The topological polar surface area (TPSA) is 67.9 Å². The maximum Gasteiger partial charge on any atom is 0.239 e. The average molecular weight is 272 g/mol. The van der Waals surface area contributed by atoms with Crippen molar-refractivity contribution in [1.29, 1.82) is 0 Å². The van der Waals surface area contributed by atoms with Crippen molar-refractivity contribution < 1.29 is 19.1 Å². The first-order chi connectivity index (χ1) is 9.15. The number of amides is 2. The van der Waals surface area contributed by atoms with E-state index in [9.17, 15) is 9.59 Å². The molecule has 2 amide bonds.